The van der Waals surface area contributed by atoms with Gasteiger partial charge in [-0.1, -0.05) is 0 Å². The van der Waals surface area contributed by atoms with Crippen molar-refractivity contribution in [1.29, 1.82) is 0 Å². The molecule has 2 N–H and O–H groups in total. The highest BCUT2D eigenvalue weighted by Crippen LogP contribution is 2.19. The van der Waals surface area contributed by atoms with Crippen molar-refractivity contribution in [3.8, 4) is 5.69 Å². The number of nitrogens with two attached hydrogens (primary N) is 1. The zero-order valence-corrected chi connectivity index (χ0v) is 10.6. The van der Waals surface area contributed by atoms with E-state index in [0.717, 1.165) is 31.6 Å². The summed E-state index contributed by atoms with van der Waals surface area (Å²) in [6, 6.07) is 6.05. The van der Waals surface area contributed by atoms with E-state index in [-0.39, 0.29) is 5.82 Å². The number of benzene rings is 1. The van der Waals surface area contributed by atoms with Crippen LogP contribution in [0, 0.1) is 5.82 Å². The summed E-state index contributed by atoms with van der Waals surface area (Å²) in [5.74, 6) is 0.701. The van der Waals surface area contributed by atoms with E-state index in [1.807, 2.05) is 0 Å². The summed E-state index contributed by atoms with van der Waals surface area (Å²) in [6.07, 6.45) is 3.57. The molecule has 6 heteroatoms. The number of anilines is 2. The lowest BCUT2D eigenvalue weighted by Gasteiger charge is -2.24. The first-order chi connectivity index (χ1) is 9.24. The van der Waals surface area contributed by atoms with E-state index in [0.29, 0.717) is 11.9 Å². The van der Waals surface area contributed by atoms with Crippen LogP contribution in [-0.4, -0.2) is 27.9 Å². The lowest BCUT2D eigenvalue weighted by molar-refractivity contribution is 0.568. The molecule has 3 rings (SSSR count). The Morgan fingerprint density at radius 3 is 2.42 bits per heavy atom. The Morgan fingerprint density at radius 2 is 1.74 bits per heavy atom. The Labute approximate surface area is 110 Å². The van der Waals surface area contributed by atoms with Crippen LogP contribution in [0.1, 0.15) is 19.3 Å². The maximum atomic E-state index is 12.9. The maximum absolute atomic E-state index is 12.9. The highest BCUT2D eigenvalue weighted by molar-refractivity contribution is 5.43. The lowest BCUT2D eigenvalue weighted by atomic mass is 10.1. The minimum absolute atomic E-state index is 0.279. The minimum atomic E-state index is -0.279. The third kappa shape index (κ3) is 2.38. The van der Waals surface area contributed by atoms with Gasteiger partial charge >= 0.3 is 0 Å². The molecule has 1 saturated heterocycles. The second-order valence-corrected chi connectivity index (χ2v) is 4.71. The molecule has 0 aliphatic carbocycles. The molecule has 1 aliphatic rings. The monoisotopic (exact) mass is 261 g/mol. The summed E-state index contributed by atoms with van der Waals surface area (Å²) in [6.45, 7) is 1.93. The first-order valence-electron chi connectivity index (χ1n) is 6.47. The molecule has 0 amide bonds. The van der Waals surface area contributed by atoms with Gasteiger partial charge in [-0.2, -0.15) is 9.67 Å². The Kier molecular flexibility index (Phi) is 3.06. The summed E-state index contributed by atoms with van der Waals surface area (Å²) in [5.41, 5.74) is 6.60. The van der Waals surface area contributed by atoms with E-state index in [9.17, 15) is 4.39 Å². The van der Waals surface area contributed by atoms with E-state index in [1.54, 1.807) is 16.8 Å². The van der Waals surface area contributed by atoms with Crippen LogP contribution in [0.15, 0.2) is 24.3 Å². The fourth-order valence-electron chi connectivity index (χ4n) is 2.31. The molecule has 0 spiro atoms. The molecule has 0 atom stereocenters. The quantitative estimate of drug-likeness (QED) is 0.898. The van der Waals surface area contributed by atoms with Gasteiger partial charge in [0, 0.05) is 13.1 Å². The van der Waals surface area contributed by atoms with Gasteiger partial charge in [0.25, 0.3) is 0 Å². The van der Waals surface area contributed by atoms with Crippen LogP contribution in [0.2, 0.25) is 0 Å². The van der Waals surface area contributed by atoms with Crippen LogP contribution in [0.4, 0.5) is 16.3 Å². The molecular weight excluding hydrogens is 245 g/mol. The number of piperidine rings is 1. The molecule has 1 fully saturated rings. The number of nitrogen functional groups attached to an aromatic ring is 1. The zero-order chi connectivity index (χ0) is 13.2. The average Bonchev–Trinajstić information content (AvgIpc) is 2.83. The van der Waals surface area contributed by atoms with Crippen molar-refractivity contribution < 1.29 is 4.39 Å². The van der Waals surface area contributed by atoms with Gasteiger partial charge in [-0.15, -0.1) is 5.10 Å². The van der Waals surface area contributed by atoms with Gasteiger partial charge in [-0.25, -0.2) is 4.39 Å². The molecule has 5 nitrogen and oxygen atoms in total. The number of hydrogen-bond donors (Lipinski definition) is 1. The van der Waals surface area contributed by atoms with Gasteiger partial charge in [-0.05, 0) is 43.5 Å². The first kappa shape index (κ1) is 12.0. The van der Waals surface area contributed by atoms with Gasteiger partial charge in [0.2, 0.25) is 11.9 Å². The largest absolute Gasteiger partial charge is 0.368 e. The predicted octanol–water partition coefficient (Wildman–Crippen LogP) is 1.98. The summed E-state index contributed by atoms with van der Waals surface area (Å²) < 4.78 is 14.5. The molecule has 0 saturated carbocycles. The van der Waals surface area contributed by atoms with Crippen molar-refractivity contribution in [2.45, 2.75) is 19.3 Å². The SMILES string of the molecule is Nc1nc(N2CCCCC2)nn1-c1ccc(F)cc1. The molecule has 0 unspecified atom stereocenters. The molecule has 1 aromatic heterocycles. The molecule has 0 bridgehead atoms. The second-order valence-electron chi connectivity index (χ2n) is 4.71. The molecular formula is C13H16FN5. The van der Waals surface area contributed by atoms with Crippen LogP contribution in [0.3, 0.4) is 0 Å². The smallest absolute Gasteiger partial charge is 0.246 e. The fourth-order valence-corrected chi connectivity index (χ4v) is 2.31. The van der Waals surface area contributed by atoms with E-state index in [4.69, 9.17) is 5.73 Å². The van der Waals surface area contributed by atoms with E-state index in [1.165, 1.54) is 18.6 Å². The third-order valence-corrected chi connectivity index (χ3v) is 3.33. The van der Waals surface area contributed by atoms with Crippen molar-refractivity contribution in [2.75, 3.05) is 23.7 Å². The Hall–Kier alpha value is -2.11. The number of hydrogen-bond acceptors (Lipinski definition) is 4. The average molecular weight is 261 g/mol. The molecule has 2 heterocycles. The molecule has 2 aromatic rings. The van der Waals surface area contributed by atoms with Crippen LogP contribution >= 0.6 is 0 Å². The fraction of sp³-hybridized carbons (Fsp3) is 0.385. The van der Waals surface area contributed by atoms with Crippen LogP contribution in [0.5, 0.6) is 0 Å². The van der Waals surface area contributed by atoms with Crippen molar-refractivity contribution in [3.05, 3.63) is 30.1 Å². The normalized spacial score (nSPS) is 15.7. The molecule has 1 aliphatic heterocycles. The van der Waals surface area contributed by atoms with Gasteiger partial charge in [-0.3, -0.25) is 0 Å². The second kappa shape index (κ2) is 4.87. The van der Waals surface area contributed by atoms with Gasteiger partial charge in [0.05, 0.1) is 5.69 Å². The molecule has 19 heavy (non-hydrogen) atoms. The van der Waals surface area contributed by atoms with Crippen molar-refractivity contribution in [2.24, 2.45) is 0 Å². The highest BCUT2D eigenvalue weighted by atomic mass is 19.1. The number of aromatic nitrogens is 3. The van der Waals surface area contributed by atoms with Crippen molar-refractivity contribution in [1.82, 2.24) is 14.8 Å². The van der Waals surface area contributed by atoms with E-state index >= 15 is 0 Å². The Morgan fingerprint density at radius 1 is 1.05 bits per heavy atom. The molecule has 100 valence electrons. The topological polar surface area (TPSA) is 60.0 Å². The molecule has 1 aromatic carbocycles. The van der Waals surface area contributed by atoms with Crippen LogP contribution in [0.25, 0.3) is 5.69 Å². The number of nitrogens with zero attached hydrogens (tertiary/aromatic N) is 4. The summed E-state index contributed by atoms with van der Waals surface area (Å²) in [7, 11) is 0. The lowest BCUT2D eigenvalue weighted by Crippen LogP contribution is -2.30. The minimum Gasteiger partial charge on any atom is -0.368 e. The zero-order valence-electron chi connectivity index (χ0n) is 10.6. The van der Waals surface area contributed by atoms with Crippen molar-refractivity contribution in [3.63, 3.8) is 0 Å². The standard InChI is InChI=1S/C13H16FN5/c14-10-4-6-11(7-5-10)19-12(15)16-13(17-19)18-8-2-1-3-9-18/h4-7H,1-3,8-9H2,(H2,15,16,17). The van der Waals surface area contributed by atoms with Gasteiger partial charge in [0.15, 0.2) is 0 Å². The summed E-state index contributed by atoms with van der Waals surface area (Å²) in [5, 5.41) is 4.42. The van der Waals surface area contributed by atoms with Crippen LogP contribution < -0.4 is 10.6 Å². The summed E-state index contributed by atoms with van der Waals surface area (Å²) in [4.78, 5) is 6.43. The molecule has 0 radical (unpaired) electrons. The first-order valence-corrected chi connectivity index (χ1v) is 6.47. The Balaban J connectivity index is 1.90. The van der Waals surface area contributed by atoms with Gasteiger partial charge < -0.3 is 10.6 Å². The van der Waals surface area contributed by atoms with Crippen molar-refractivity contribution >= 4 is 11.9 Å². The number of halogens is 1. The predicted molar refractivity (Wildman–Crippen MR) is 71.8 cm³/mol. The summed E-state index contributed by atoms with van der Waals surface area (Å²) >= 11 is 0. The third-order valence-electron chi connectivity index (χ3n) is 3.33. The van der Waals surface area contributed by atoms with Crippen LogP contribution in [-0.2, 0) is 0 Å². The van der Waals surface area contributed by atoms with E-state index in [2.05, 4.69) is 15.0 Å². The maximum Gasteiger partial charge on any atom is 0.246 e. The highest BCUT2D eigenvalue weighted by Gasteiger charge is 2.17. The number of rotatable bonds is 2. The van der Waals surface area contributed by atoms with E-state index < -0.39 is 0 Å². The Bertz CT molecular complexity index is 557. The van der Waals surface area contributed by atoms with Gasteiger partial charge in [0.1, 0.15) is 5.82 Å².